The van der Waals surface area contributed by atoms with E-state index in [0.29, 0.717) is 22.8 Å². The van der Waals surface area contributed by atoms with Gasteiger partial charge in [0.2, 0.25) is 0 Å². The average molecular weight is 432 g/mol. The first-order chi connectivity index (χ1) is 15.7. The Morgan fingerprint density at radius 3 is 2.34 bits per heavy atom. The number of nitrogens with one attached hydrogen (secondary N) is 1. The van der Waals surface area contributed by atoms with Crippen LogP contribution >= 0.6 is 0 Å². The number of carbonyl (C=O) groups excluding carboxylic acids is 1. The van der Waals surface area contributed by atoms with Crippen molar-refractivity contribution in [2.24, 2.45) is 0 Å². The van der Waals surface area contributed by atoms with Crippen LogP contribution in [0.3, 0.4) is 0 Å². The molecule has 1 amide bonds. The van der Waals surface area contributed by atoms with Crippen LogP contribution in [0.2, 0.25) is 0 Å². The van der Waals surface area contributed by atoms with Crippen LogP contribution in [0.4, 0.5) is 0 Å². The van der Waals surface area contributed by atoms with Crippen LogP contribution < -0.4 is 19.5 Å². The molecule has 1 fully saturated rings. The van der Waals surface area contributed by atoms with Crippen LogP contribution in [0.1, 0.15) is 47.5 Å². The molecule has 0 spiro atoms. The number of hydrogen-bond acceptors (Lipinski definition) is 4. The van der Waals surface area contributed by atoms with E-state index in [1.54, 1.807) is 20.3 Å². The van der Waals surface area contributed by atoms with Crippen molar-refractivity contribution < 1.29 is 19.0 Å². The minimum absolute atomic E-state index is 0.0630. The monoisotopic (exact) mass is 431 g/mol. The van der Waals surface area contributed by atoms with Crippen LogP contribution in [-0.4, -0.2) is 26.2 Å². The summed E-state index contributed by atoms with van der Waals surface area (Å²) in [7, 11) is 3.28. The van der Waals surface area contributed by atoms with Gasteiger partial charge in [0, 0.05) is 17.5 Å². The topological polar surface area (TPSA) is 56.8 Å². The Morgan fingerprint density at radius 1 is 0.812 bits per heavy atom. The summed E-state index contributed by atoms with van der Waals surface area (Å²) in [5, 5.41) is 3.27. The number of ether oxygens (including phenoxy) is 3. The molecule has 2 atom stereocenters. The predicted molar refractivity (Wildman–Crippen MR) is 125 cm³/mol. The van der Waals surface area contributed by atoms with Crippen molar-refractivity contribution in [1.29, 1.82) is 0 Å². The van der Waals surface area contributed by atoms with E-state index in [-0.39, 0.29) is 17.9 Å². The van der Waals surface area contributed by atoms with E-state index in [9.17, 15) is 4.79 Å². The molecule has 0 radical (unpaired) electrons. The van der Waals surface area contributed by atoms with E-state index in [2.05, 4.69) is 11.4 Å². The SMILES string of the molecule is COc1ccc(C2CCCCC2NC(=O)c2cccc(Oc3ccccc3)c2)cc1OC. The van der Waals surface area contributed by atoms with Crippen LogP contribution in [-0.2, 0) is 0 Å². The third kappa shape index (κ3) is 5.05. The maximum Gasteiger partial charge on any atom is 0.251 e. The van der Waals surface area contributed by atoms with Gasteiger partial charge in [-0.25, -0.2) is 0 Å². The summed E-state index contributed by atoms with van der Waals surface area (Å²) in [5.41, 5.74) is 1.75. The zero-order valence-corrected chi connectivity index (χ0v) is 18.5. The van der Waals surface area contributed by atoms with E-state index in [0.717, 1.165) is 37.0 Å². The highest BCUT2D eigenvalue weighted by Gasteiger charge is 2.29. The van der Waals surface area contributed by atoms with Crippen molar-refractivity contribution >= 4 is 5.91 Å². The molecule has 166 valence electrons. The number of carbonyl (C=O) groups is 1. The molecule has 1 aliphatic rings. The zero-order chi connectivity index (χ0) is 22.3. The fourth-order valence-corrected chi connectivity index (χ4v) is 4.36. The molecule has 2 unspecified atom stereocenters. The first kappa shape index (κ1) is 21.8. The van der Waals surface area contributed by atoms with E-state index >= 15 is 0 Å². The number of methoxy groups -OCH3 is 2. The molecule has 1 N–H and O–H groups in total. The van der Waals surface area contributed by atoms with E-state index in [1.165, 1.54) is 0 Å². The Hall–Kier alpha value is -3.47. The molecule has 0 heterocycles. The zero-order valence-electron chi connectivity index (χ0n) is 18.5. The molecule has 0 saturated heterocycles. The third-order valence-electron chi connectivity index (χ3n) is 5.99. The maximum atomic E-state index is 13.1. The largest absolute Gasteiger partial charge is 0.493 e. The highest BCUT2D eigenvalue weighted by molar-refractivity contribution is 5.94. The normalized spacial score (nSPS) is 17.9. The van der Waals surface area contributed by atoms with Gasteiger partial charge in [0.1, 0.15) is 11.5 Å². The molecule has 3 aromatic carbocycles. The summed E-state index contributed by atoms with van der Waals surface area (Å²) in [6.07, 6.45) is 4.22. The molecule has 32 heavy (non-hydrogen) atoms. The first-order valence-corrected chi connectivity index (χ1v) is 11.0. The molecular formula is C27H29NO4. The number of benzene rings is 3. The summed E-state index contributed by atoms with van der Waals surface area (Å²) in [4.78, 5) is 13.1. The molecule has 3 aromatic rings. The molecule has 1 saturated carbocycles. The number of amides is 1. The molecule has 5 nitrogen and oxygen atoms in total. The first-order valence-electron chi connectivity index (χ1n) is 11.0. The van der Waals surface area contributed by atoms with Gasteiger partial charge in [-0.15, -0.1) is 0 Å². The summed E-state index contributed by atoms with van der Waals surface area (Å²) in [5.74, 6) is 2.96. The van der Waals surface area contributed by atoms with Gasteiger partial charge in [0.05, 0.1) is 14.2 Å². The quantitative estimate of drug-likeness (QED) is 0.502. The second-order valence-electron chi connectivity index (χ2n) is 8.03. The number of hydrogen-bond donors (Lipinski definition) is 1. The van der Waals surface area contributed by atoms with Crippen LogP contribution in [0.25, 0.3) is 0 Å². The van der Waals surface area contributed by atoms with E-state index in [4.69, 9.17) is 14.2 Å². The highest BCUT2D eigenvalue weighted by Crippen LogP contribution is 2.37. The summed E-state index contributed by atoms with van der Waals surface area (Å²) in [6.45, 7) is 0. The lowest BCUT2D eigenvalue weighted by molar-refractivity contribution is 0.0920. The minimum Gasteiger partial charge on any atom is -0.493 e. The number of rotatable bonds is 7. The Bertz CT molecular complexity index is 1050. The molecule has 5 heteroatoms. The lowest BCUT2D eigenvalue weighted by Crippen LogP contribution is -2.41. The molecule has 0 bridgehead atoms. The van der Waals surface area contributed by atoms with Crippen molar-refractivity contribution in [1.82, 2.24) is 5.32 Å². The second-order valence-corrected chi connectivity index (χ2v) is 8.03. The third-order valence-corrected chi connectivity index (χ3v) is 5.99. The second kappa shape index (κ2) is 10.2. The van der Waals surface area contributed by atoms with Gasteiger partial charge in [0.15, 0.2) is 11.5 Å². The molecule has 1 aliphatic carbocycles. The minimum atomic E-state index is -0.0825. The van der Waals surface area contributed by atoms with E-state index in [1.807, 2.05) is 60.7 Å². The average Bonchev–Trinajstić information content (AvgIpc) is 2.84. The van der Waals surface area contributed by atoms with Gasteiger partial charge < -0.3 is 19.5 Å². The van der Waals surface area contributed by atoms with Crippen LogP contribution in [0, 0.1) is 0 Å². The van der Waals surface area contributed by atoms with Gasteiger partial charge in [-0.1, -0.05) is 43.2 Å². The fourth-order valence-electron chi connectivity index (χ4n) is 4.36. The van der Waals surface area contributed by atoms with Gasteiger partial charge in [-0.3, -0.25) is 4.79 Å². The van der Waals surface area contributed by atoms with Crippen molar-refractivity contribution in [3.8, 4) is 23.0 Å². The summed E-state index contributed by atoms with van der Waals surface area (Å²) < 4.78 is 16.8. The van der Waals surface area contributed by atoms with Crippen LogP contribution in [0.5, 0.6) is 23.0 Å². The maximum absolute atomic E-state index is 13.1. The molecular weight excluding hydrogens is 402 g/mol. The van der Waals surface area contributed by atoms with Crippen molar-refractivity contribution in [3.05, 3.63) is 83.9 Å². The molecule has 0 aromatic heterocycles. The Labute approximate surface area is 189 Å². The van der Waals surface area contributed by atoms with Gasteiger partial charge in [0.25, 0.3) is 5.91 Å². The van der Waals surface area contributed by atoms with Crippen molar-refractivity contribution in [2.45, 2.75) is 37.6 Å². The fraction of sp³-hybridized carbons (Fsp3) is 0.296. The van der Waals surface area contributed by atoms with Crippen molar-refractivity contribution in [3.63, 3.8) is 0 Å². The predicted octanol–water partition coefficient (Wildman–Crippen LogP) is 5.95. The van der Waals surface area contributed by atoms with Gasteiger partial charge in [-0.2, -0.15) is 0 Å². The number of para-hydroxylation sites is 1. The summed E-state index contributed by atoms with van der Waals surface area (Å²) in [6, 6.07) is 23.0. The lowest BCUT2D eigenvalue weighted by Gasteiger charge is -2.33. The summed E-state index contributed by atoms with van der Waals surface area (Å²) >= 11 is 0. The Kier molecular flexibility index (Phi) is 6.95. The van der Waals surface area contributed by atoms with Crippen LogP contribution in [0.15, 0.2) is 72.8 Å². The smallest absolute Gasteiger partial charge is 0.251 e. The molecule has 0 aliphatic heterocycles. The van der Waals surface area contributed by atoms with Crippen molar-refractivity contribution in [2.75, 3.05) is 14.2 Å². The highest BCUT2D eigenvalue weighted by atomic mass is 16.5. The lowest BCUT2D eigenvalue weighted by atomic mass is 9.79. The Morgan fingerprint density at radius 2 is 1.56 bits per heavy atom. The van der Waals surface area contributed by atoms with Gasteiger partial charge in [-0.05, 0) is 60.9 Å². The van der Waals surface area contributed by atoms with Gasteiger partial charge >= 0.3 is 0 Å². The standard InChI is InChI=1S/C27H29NO4/c1-30-25-16-15-19(18-26(25)31-2)23-13-6-7-14-24(23)28-27(29)20-9-8-12-22(17-20)32-21-10-4-3-5-11-21/h3-5,8-12,15-18,23-24H,6-7,13-14H2,1-2H3,(H,28,29). The van der Waals surface area contributed by atoms with E-state index < -0.39 is 0 Å². The Balaban J connectivity index is 1.50. The molecule has 4 rings (SSSR count).